The van der Waals surface area contributed by atoms with E-state index >= 15 is 0 Å². The average molecular weight is 520 g/mol. The van der Waals surface area contributed by atoms with Crippen molar-refractivity contribution in [2.24, 2.45) is 12.8 Å². The van der Waals surface area contributed by atoms with Gasteiger partial charge in [0.1, 0.15) is 22.7 Å². The van der Waals surface area contributed by atoms with E-state index in [-0.39, 0.29) is 17.7 Å². The van der Waals surface area contributed by atoms with Gasteiger partial charge in [-0.3, -0.25) is 9.59 Å². The van der Waals surface area contributed by atoms with Gasteiger partial charge in [-0.2, -0.15) is 0 Å². The van der Waals surface area contributed by atoms with Crippen LogP contribution in [0.1, 0.15) is 53.3 Å². The van der Waals surface area contributed by atoms with Gasteiger partial charge in [0.2, 0.25) is 0 Å². The number of rotatable bonds is 5. The van der Waals surface area contributed by atoms with E-state index in [2.05, 4.69) is 0 Å². The Bertz CT molecular complexity index is 1580. The number of ether oxygens (including phenoxy) is 1. The van der Waals surface area contributed by atoms with Gasteiger partial charge in [0, 0.05) is 35.3 Å². The summed E-state index contributed by atoms with van der Waals surface area (Å²) in [6.07, 6.45) is 3.99. The number of nitrogens with two attached hydrogens (primary N) is 1. The molecule has 0 aliphatic heterocycles. The third-order valence-corrected chi connectivity index (χ3v) is 7.60. The van der Waals surface area contributed by atoms with Gasteiger partial charge in [-0.25, -0.2) is 0 Å². The molecule has 0 atom stereocenters. The molecule has 1 aliphatic carbocycles. The lowest BCUT2D eigenvalue weighted by molar-refractivity contribution is 0.0971. The fourth-order valence-electron chi connectivity index (χ4n) is 5.29. The standard InChI is InChI=1S/C29H30ClN3O4/c1-16-10-18(12-22(11-16)37-21-9-4-17(2)25(30)13-21)24-15-32(3)29(36)27-23(24)14-26(28(31)35)33(27)19-5-7-20(34)8-6-19/h4,9-15,19-20,34H,5-8H2,1-3H3,(H2,31,35). The zero-order valence-corrected chi connectivity index (χ0v) is 21.9. The second-order valence-corrected chi connectivity index (χ2v) is 10.4. The number of aromatic nitrogens is 2. The molecule has 8 heteroatoms. The van der Waals surface area contributed by atoms with Crippen LogP contribution in [0, 0.1) is 13.8 Å². The highest BCUT2D eigenvalue weighted by molar-refractivity contribution is 6.31. The van der Waals surface area contributed by atoms with Crippen LogP contribution in [-0.2, 0) is 7.05 Å². The highest BCUT2D eigenvalue weighted by Crippen LogP contribution is 2.38. The predicted molar refractivity (Wildman–Crippen MR) is 146 cm³/mol. The molecule has 2 aromatic heterocycles. The minimum Gasteiger partial charge on any atom is -0.457 e. The van der Waals surface area contributed by atoms with Crippen LogP contribution >= 0.6 is 11.6 Å². The van der Waals surface area contributed by atoms with Crippen molar-refractivity contribution in [3.63, 3.8) is 0 Å². The van der Waals surface area contributed by atoms with Gasteiger partial charge in [-0.05, 0) is 86.6 Å². The Hall–Kier alpha value is -3.55. The molecule has 0 spiro atoms. The van der Waals surface area contributed by atoms with Gasteiger partial charge < -0.3 is 24.7 Å². The molecule has 0 saturated heterocycles. The molecule has 0 radical (unpaired) electrons. The number of amides is 1. The summed E-state index contributed by atoms with van der Waals surface area (Å²) in [5.41, 5.74) is 9.94. The van der Waals surface area contributed by atoms with Crippen molar-refractivity contribution in [2.75, 3.05) is 0 Å². The summed E-state index contributed by atoms with van der Waals surface area (Å²) in [5, 5.41) is 11.3. The van der Waals surface area contributed by atoms with Crippen LogP contribution in [0.3, 0.4) is 0 Å². The molecule has 1 amide bonds. The van der Waals surface area contributed by atoms with Crippen LogP contribution < -0.4 is 16.0 Å². The van der Waals surface area contributed by atoms with Gasteiger partial charge in [0.15, 0.2) is 0 Å². The fourth-order valence-corrected chi connectivity index (χ4v) is 5.46. The number of hydrogen-bond acceptors (Lipinski definition) is 4. The summed E-state index contributed by atoms with van der Waals surface area (Å²) < 4.78 is 9.48. The van der Waals surface area contributed by atoms with Crippen LogP contribution in [0.2, 0.25) is 5.02 Å². The van der Waals surface area contributed by atoms with Crippen LogP contribution in [0.4, 0.5) is 0 Å². The minimum atomic E-state index is -0.583. The van der Waals surface area contributed by atoms with Gasteiger partial charge in [0.05, 0.1) is 6.10 Å². The molecule has 0 bridgehead atoms. The van der Waals surface area contributed by atoms with Crippen LogP contribution in [0.5, 0.6) is 11.5 Å². The first kappa shape index (κ1) is 25.1. The van der Waals surface area contributed by atoms with E-state index in [1.165, 1.54) is 0 Å². The quantitative estimate of drug-likeness (QED) is 0.356. The van der Waals surface area contributed by atoms with Gasteiger partial charge >= 0.3 is 0 Å². The highest BCUT2D eigenvalue weighted by Gasteiger charge is 2.28. The van der Waals surface area contributed by atoms with Crippen LogP contribution in [0.25, 0.3) is 22.0 Å². The number of primary amides is 1. The normalized spacial score (nSPS) is 17.8. The molecule has 0 unspecified atom stereocenters. The van der Waals surface area contributed by atoms with Crippen molar-refractivity contribution in [1.82, 2.24) is 9.13 Å². The summed E-state index contributed by atoms with van der Waals surface area (Å²) >= 11 is 6.28. The van der Waals surface area contributed by atoms with E-state index in [0.717, 1.165) is 22.3 Å². The topological polar surface area (TPSA) is 99.5 Å². The maximum atomic E-state index is 13.4. The van der Waals surface area contributed by atoms with E-state index in [1.807, 2.05) is 44.2 Å². The summed E-state index contributed by atoms with van der Waals surface area (Å²) in [7, 11) is 1.71. The number of aryl methyl sites for hydroxylation is 3. The van der Waals surface area contributed by atoms with Crippen LogP contribution in [0.15, 0.2) is 53.5 Å². The molecule has 3 N–H and O–H groups in total. The zero-order valence-electron chi connectivity index (χ0n) is 21.1. The average Bonchev–Trinajstić information content (AvgIpc) is 3.25. The van der Waals surface area contributed by atoms with E-state index in [1.54, 1.807) is 34.5 Å². The molecular weight excluding hydrogens is 490 g/mol. The number of nitrogens with zero attached hydrogens (tertiary/aromatic N) is 2. The number of pyridine rings is 1. The fraction of sp³-hybridized carbons (Fsp3) is 0.310. The molecular formula is C29H30ClN3O4. The van der Waals surface area contributed by atoms with Gasteiger partial charge in [-0.1, -0.05) is 23.7 Å². The smallest absolute Gasteiger partial charge is 0.274 e. The number of hydrogen-bond donors (Lipinski definition) is 2. The van der Waals surface area contributed by atoms with E-state index < -0.39 is 5.91 Å². The van der Waals surface area contributed by atoms with Crippen LogP contribution in [-0.4, -0.2) is 26.3 Å². The second-order valence-electron chi connectivity index (χ2n) is 10.00. The van der Waals surface area contributed by atoms with E-state index in [0.29, 0.717) is 58.8 Å². The SMILES string of the molecule is Cc1cc(Oc2ccc(C)c(Cl)c2)cc(-c2cn(C)c(=O)c3c2cc(C(N)=O)n3C2CCC(O)CC2)c1. The number of carbonyl (C=O) groups excluding carboxylic acids is 1. The number of carbonyl (C=O) groups is 1. The monoisotopic (exact) mass is 519 g/mol. The number of aliphatic hydroxyl groups is 1. The first-order valence-electron chi connectivity index (χ1n) is 12.4. The highest BCUT2D eigenvalue weighted by atomic mass is 35.5. The molecule has 1 fully saturated rings. The Labute approximate surface area is 220 Å². The van der Waals surface area contributed by atoms with Crippen molar-refractivity contribution in [1.29, 1.82) is 0 Å². The van der Waals surface area contributed by atoms with E-state index in [9.17, 15) is 14.7 Å². The first-order chi connectivity index (χ1) is 17.6. The third-order valence-electron chi connectivity index (χ3n) is 7.20. The Morgan fingerprint density at radius 3 is 2.46 bits per heavy atom. The number of benzene rings is 2. The molecule has 2 aromatic carbocycles. The molecule has 1 saturated carbocycles. The van der Waals surface area contributed by atoms with E-state index in [4.69, 9.17) is 22.1 Å². The summed E-state index contributed by atoms with van der Waals surface area (Å²) in [4.78, 5) is 25.9. The van der Waals surface area contributed by atoms with Crippen molar-refractivity contribution in [3.05, 3.63) is 80.9 Å². The number of aliphatic hydroxyl groups excluding tert-OH is 1. The lowest BCUT2D eigenvalue weighted by Crippen LogP contribution is -2.28. The molecule has 1 aliphatic rings. The minimum absolute atomic E-state index is 0.0889. The Morgan fingerprint density at radius 2 is 1.78 bits per heavy atom. The Balaban J connectivity index is 1.67. The largest absolute Gasteiger partial charge is 0.457 e. The Kier molecular flexibility index (Phi) is 6.60. The molecule has 5 rings (SSSR count). The molecule has 192 valence electrons. The van der Waals surface area contributed by atoms with Crippen molar-refractivity contribution in [2.45, 2.75) is 51.7 Å². The predicted octanol–water partition coefficient (Wildman–Crippen LogP) is 5.64. The summed E-state index contributed by atoms with van der Waals surface area (Å²) in [5.74, 6) is 0.673. The lowest BCUT2D eigenvalue weighted by atomic mass is 9.92. The first-order valence-corrected chi connectivity index (χ1v) is 12.8. The van der Waals surface area contributed by atoms with Crippen molar-refractivity contribution >= 4 is 28.4 Å². The zero-order chi connectivity index (χ0) is 26.4. The summed E-state index contributed by atoms with van der Waals surface area (Å²) in [6, 6.07) is 13.1. The summed E-state index contributed by atoms with van der Waals surface area (Å²) in [6.45, 7) is 3.91. The second kappa shape index (κ2) is 9.72. The Morgan fingerprint density at radius 1 is 1.05 bits per heavy atom. The maximum absolute atomic E-state index is 13.4. The lowest BCUT2D eigenvalue weighted by Gasteiger charge is -2.28. The van der Waals surface area contributed by atoms with Gasteiger partial charge in [0.25, 0.3) is 11.5 Å². The number of halogens is 1. The molecule has 2 heterocycles. The van der Waals surface area contributed by atoms with Crippen molar-refractivity contribution < 1.29 is 14.6 Å². The molecule has 37 heavy (non-hydrogen) atoms. The van der Waals surface area contributed by atoms with Crippen molar-refractivity contribution in [3.8, 4) is 22.6 Å². The number of fused-ring (bicyclic) bond motifs is 1. The molecule has 7 nitrogen and oxygen atoms in total. The third kappa shape index (κ3) is 4.77. The van der Waals surface area contributed by atoms with Gasteiger partial charge in [-0.15, -0.1) is 0 Å². The molecule has 4 aromatic rings. The maximum Gasteiger partial charge on any atom is 0.274 e.